The van der Waals surface area contributed by atoms with Gasteiger partial charge in [0.2, 0.25) is 15.9 Å². The normalized spacial score (nSPS) is 16.1. The number of hydrogen-bond acceptors (Lipinski definition) is 5. The summed E-state index contributed by atoms with van der Waals surface area (Å²) in [6.45, 7) is 0.564. The first-order valence-corrected chi connectivity index (χ1v) is 9.65. The molecule has 1 aromatic carbocycles. The number of likely N-dealkylation sites (N-methyl/N-ethyl adjacent to an activating group) is 1. The van der Waals surface area contributed by atoms with Gasteiger partial charge in [-0.3, -0.25) is 9.59 Å². The topological polar surface area (TPSA) is 84.0 Å². The van der Waals surface area contributed by atoms with Crippen molar-refractivity contribution in [2.24, 2.45) is 5.92 Å². The Hall–Kier alpha value is -1.64. The van der Waals surface area contributed by atoms with Crippen molar-refractivity contribution in [1.82, 2.24) is 9.21 Å². The molecule has 1 aliphatic heterocycles. The third kappa shape index (κ3) is 4.71. The highest BCUT2D eigenvalue weighted by Crippen LogP contribution is 2.20. The number of benzene rings is 1. The molecule has 0 aromatic heterocycles. The number of rotatable bonds is 5. The van der Waals surface area contributed by atoms with Gasteiger partial charge in [-0.1, -0.05) is 11.6 Å². The van der Waals surface area contributed by atoms with Crippen molar-refractivity contribution in [2.45, 2.75) is 17.7 Å². The third-order valence-corrected chi connectivity index (χ3v) is 6.33. The van der Waals surface area contributed by atoms with Gasteiger partial charge in [0.25, 0.3) is 0 Å². The lowest BCUT2D eigenvalue weighted by atomic mass is 9.97. The molecule has 9 heteroatoms. The molecule has 1 heterocycles. The molecule has 1 amide bonds. The zero-order chi connectivity index (χ0) is 18.6. The summed E-state index contributed by atoms with van der Waals surface area (Å²) in [5, 5.41) is 0.436. The van der Waals surface area contributed by atoms with Crippen LogP contribution in [-0.2, 0) is 24.3 Å². The summed E-state index contributed by atoms with van der Waals surface area (Å²) < 4.78 is 30.7. The summed E-state index contributed by atoms with van der Waals surface area (Å²) in [5.41, 5.74) is 0. The Morgan fingerprint density at radius 2 is 1.80 bits per heavy atom. The quantitative estimate of drug-likeness (QED) is 0.711. The second-order valence-electron chi connectivity index (χ2n) is 5.89. The SMILES string of the molecule is COC(=O)C1CCN(C(=O)CN(C)S(=O)(=O)c2ccc(Cl)cc2)CC1. The monoisotopic (exact) mass is 388 g/mol. The Kier molecular flexibility index (Phi) is 6.42. The van der Waals surface area contributed by atoms with Crippen LogP contribution in [0.3, 0.4) is 0 Å². The highest BCUT2D eigenvalue weighted by Gasteiger charge is 2.30. The molecular formula is C16H21ClN2O5S. The Morgan fingerprint density at radius 1 is 1.24 bits per heavy atom. The maximum atomic E-state index is 12.5. The van der Waals surface area contributed by atoms with E-state index < -0.39 is 10.0 Å². The van der Waals surface area contributed by atoms with Crippen LogP contribution in [0.25, 0.3) is 0 Å². The summed E-state index contributed by atoms with van der Waals surface area (Å²) in [4.78, 5) is 25.5. The maximum absolute atomic E-state index is 12.5. The number of piperidine rings is 1. The molecule has 0 bridgehead atoms. The second kappa shape index (κ2) is 8.16. The average molecular weight is 389 g/mol. The number of methoxy groups -OCH3 is 1. The van der Waals surface area contributed by atoms with Crippen molar-refractivity contribution >= 4 is 33.5 Å². The van der Waals surface area contributed by atoms with Crippen LogP contribution in [0.4, 0.5) is 0 Å². The van der Waals surface area contributed by atoms with Crippen molar-refractivity contribution in [2.75, 3.05) is 33.8 Å². The van der Waals surface area contributed by atoms with E-state index in [0.717, 1.165) is 4.31 Å². The molecule has 0 spiro atoms. The summed E-state index contributed by atoms with van der Waals surface area (Å²) in [6.07, 6.45) is 1.04. The van der Waals surface area contributed by atoms with E-state index in [1.165, 1.54) is 38.4 Å². The minimum Gasteiger partial charge on any atom is -0.469 e. The first-order chi connectivity index (χ1) is 11.8. The second-order valence-corrected chi connectivity index (χ2v) is 8.37. The van der Waals surface area contributed by atoms with Crippen molar-refractivity contribution in [1.29, 1.82) is 0 Å². The van der Waals surface area contributed by atoms with Crippen LogP contribution < -0.4 is 0 Å². The largest absolute Gasteiger partial charge is 0.469 e. The smallest absolute Gasteiger partial charge is 0.308 e. The Labute approximate surface area is 152 Å². The minimum atomic E-state index is -3.76. The summed E-state index contributed by atoms with van der Waals surface area (Å²) in [5.74, 6) is -0.762. The Morgan fingerprint density at radius 3 is 2.32 bits per heavy atom. The standard InChI is InChI=1S/C16H21ClN2O5S/c1-18(25(22,23)14-5-3-13(17)4-6-14)11-15(20)19-9-7-12(8-10-19)16(21)24-2/h3-6,12H,7-11H2,1-2H3. The van der Waals surface area contributed by atoms with Crippen molar-refractivity contribution in [3.05, 3.63) is 29.3 Å². The van der Waals surface area contributed by atoms with E-state index in [-0.39, 0.29) is 29.2 Å². The zero-order valence-electron chi connectivity index (χ0n) is 14.1. The van der Waals surface area contributed by atoms with Gasteiger partial charge in [0, 0.05) is 25.2 Å². The van der Waals surface area contributed by atoms with Gasteiger partial charge < -0.3 is 9.64 Å². The number of carbonyl (C=O) groups is 2. The Balaban J connectivity index is 1.96. The molecule has 1 saturated heterocycles. The van der Waals surface area contributed by atoms with E-state index in [0.29, 0.717) is 31.0 Å². The molecule has 0 aliphatic carbocycles. The molecule has 0 N–H and O–H groups in total. The van der Waals surface area contributed by atoms with Crippen molar-refractivity contribution < 1.29 is 22.7 Å². The van der Waals surface area contributed by atoms with Crippen molar-refractivity contribution in [3.8, 4) is 0 Å². The van der Waals surface area contributed by atoms with Gasteiger partial charge in [-0.05, 0) is 37.1 Å². The van der Waals surface area contributed by atoms with Crippen LogP contribution in [-0.4, -0.2) is 63.3 Å². The third-order valence-electron chi connectivity index (χ3n) is 4.26. The Bertz CT molecular complexity index is 727. The van der Waals surface area contributed by atoms with Gasteiger partial charge in [0.1, 0.15) is 0 Å². The van der Waals surface area contributed by atoms with Gasteiger partial charge in [-0.2, -0.15) is 4.31 Å². The van der Waals surface area contributed by atoms with Gasteiger partial charge in [0.05, 0.1) is 24.5 Å². The predicted octanol–water partition coefficient (Wildman–Crippen LogP) is 1.37. The molecule has 138 valence electrons. The lowest BCUT2D eigenvalue weighted by Gasteiger charge is -2.31. The maximum Gasteiger partial charge on any atom is 0.308 e. The molecule has 1 aromatic rings. The van der Waals surface area contributed by atoms with E-state index in [4.69, 9.17) is 16.3 Å². The van der Waals surface area contributed by atoms with Crippen molar-refractivity contribution in [3.63, 3.8) is 0 Å². The van der Waals surface area contributed by atoms with Crippen LogP contribution in [0, 0.1) is 5.92 Å². The molecular weight excluding hydrogens is 368 g/mol. The summed E-state index contributed by atoms with van der Waals surface area (Å²) >= 11 is 5.77. The van der Waals surface area contributed by atoms with Crippen LogP contribution in [0.5, 0.6) is 0 Å². The molecule has 25 heavy (non-hydrogen) atoms. The van der Waals surface area contributed by atoms with Crippen LogP contribution in [0.1, 0.15) is 12.8 Å². The molecule has 0 unspecified atom stereocenters. The minimum absolute atomic E-state index is 0.0802. The van der Waals surface area contributed by atoms with Gasteiger partial charge in [-0.25, -0.2) is 8.42 Å². The molecule has 0 atom stereocenters. The molecule has 2 rings (SSSR count). The number of hydrogen-bond donors (Lipinski definition) is 0. The van der Waals surface area contributed by atoms with E-state index in [1.54, 1.807) is 4.90 Å². The number of amides is 1. The van der Waals surface area contributed by atoms with Crippen LogP contribution >= 0.6 is 11.6 Å². The summed E-state index contributed by atoms with van der Waals surface area (Å²) in [6, 6.07) is 5.78. The lowest BCUT2D eigenvalue weighted by Crippen LogP contribution is -2.45. The number of halogens is 1. The van der Waals surface area contributed by atoms with E-state index >= 15 is 0 Å². The number of carbonyl (C=O) groups excluding carboxylic acids is 2. The van der Waals surface area contributed by atoms with Gasteiger partial charge in [-0.15, -0.1) is 0 Å². The average Bonchev–Trinajstić information content (AvgIpc) is 2.61. The van der Waals surface area contributed by atoms with E-state index in [9.17, 15) is 18.0 Å². The summed E-state index contributed by atoms with van der Waals surface area (Å²) in [7, 11) is -1.06. The fraction of sp³-hybridized carbons (Fsp3) is 0.500. The van der Waals surface area contributed by atoms with E-state index in [2.05, 4.69) is 0 Å². The lowest BCUT2D eigenvalue weighted by molar-refractivity contribution is -0.148. The molecule has 1 fully saturated rings. The number of ether oxygens (including phenoxy) is 1. The molecule has 1 aliphatic rings. The first kappa shape index (κ1) is 19.7. The van der Waals surface area contributed by atoms with Crippen LogP contribution in [0.2, 0.25) is 5.02 Å². The first-order valence-electron chi connectivity index (χ1n) is 7.83. The zero-order valence-corrected chi connectivity index (χ0v) is 15.7. The highest BCUT2D eigenvalue weighted by molar-refractivity contribution is 7.89. The molecule has 7 nitrogen and oxygen atoms in total. The fourth-order valence-electron chi connectivity index (χ4n) is 2.69. The van der Waals surface area contributed by atoms with Gasteiger partial charge >= 0.3 is 5.97 Å². The fourth-order valence-corrected chi connectivity index (χ4v) is 3.94. The molecule has 0 saturated carbocycles. The number of esters is 1. The number of likely N-dealkylation sites (tertiary alicyclic amines) is 1. The van der Waals surface area contributed by atoms with Gasteiger partial charge in [0.15, 0.2) is 0 Å². The predicted molar refractivity (Wildman–Crippen MR) is 92.6 cm³/mol. The van der Waals surface area contributed by atoms with E-state index in [1.807, 2.05) is 0 Å². The number of sulfonamides is 1. The molecule has 0 radical (unpaired) electrons. The highest BCUT2D eigenvalue weighted by atomic mass is 35.5. The number of nitrogens with zero attached hydrogens (tertiary/aromatic N) is 2. The van der Waals surface area contributed by atoms with Crippen LogP contribution in [0.15, 0.2) is 29.2 Å².